The number of hydrogen-bond acceptors (Lipinski definition) is 5. The number of benzene rings is 3. The summed E-state index contributed by atoms with van der Waals surface area (Å²) >= 11 is 1.74. The number of anilines is 2. The second kappa shape index (κ2) is 10.2. The van der Waals surface area contributed by atoms with Crippen LogP contribution >= 0.6 is 11.8 Å². The standard InChI is InChI=1S/C25H25N3O3S/c1-31-19-12-10-18(11-13-19)16-26-25(30)17-27-24(29)14-15-28-20-6-2-4-8-22(20)32-23-9-5-3-7-21(23)28/h2-13H,14-17H2,1H3,(H,26,30)(H,27,29). The topological polar surface area (TPSA) is 70.7 Å². The highest BCUT2D eigenvalue weighted by atomic mass is 32.2. The second-order valence-corrected chi connectivity index (χ2v) is 8.42. The minimum Gasteiger partial charge on any atom is -0.497 e. The third-order valence-corrected chi connectivity index (χ3v) is 6.32. The number of nitrogens with zero attached hydrogens (tertiary/aromatic N) is 1. The highest BCUT2D eigenvalue weighted by Crippen LogP contribution is 2.47. The van der Waals surface area contributed by atoms with Crippen molar-refractivity contribution in [3.8, 4) is 5.75 Å². The van der Waals surface area contributed by atoms with Gasteiger partial charge in [-0.05, 0) is 42.0 Å². The molecule has 4 rings (SSSR count). The summed E-state index contributed by atoms with van der Waals surface area (Å²) in [5.41, 5.74) is 3.16. The van der Waals surface area contributed by atoms with E-state index in [-0.39, 0.29) is 18.4 Å². The predicted molar refractivity (Wildman–Crippen MR) is 126 cm³/mol. The molecule has 0 radical (unpaired) electrons. The van der Waals surface area contributed by atoms with E-state index in [4.69, 9.17) is 4.74 Å². The molecule has 0 fully saturated rings. The summed E-state index contributed by atoms with van der Waals surface area (Å²) in [6, 6.07) is 23.9. The molecule has 2 amide bonds. The summed E-state index contributed by atoms with van der Waals surface area (Å²) < 4.78 is 5.13. The zero-order chi connectivity index (χ0) is 22.3. The first kappa shape index (κ1) is 21.8. The van der Waals surface area contributed by atoms with Gasteiger partial charge in [-0.1, -0.05) is 48.2 Å². The molecule has 0 bridgehead atoms. The summed E-state index contributed by atoms with van der Waals surface area (Å²) in [7, 11) is 1.61. The minimum atomic E-state index is -0.223. The maximum Gasteiger partial charge on any atom is 0.239 e. The third kappa shape index (κ3) is 5.23. The summed E-state index contributed by atoms with van der Waals surface area (Å²) in [5, 5.41) is 5.54. The van der Waals surface area contributed by atoms with Crippen molar-refractivity contribution in [3.05, 3.63) is 78.4 Å². The largest absolute Gasteiger partial charge is 0.497 e. The molecule has 0 saturated carbocycles. The van der Waals surface area contributed by atoms with Crippen LogP contribution in [-0.2, 0) is 16.1 Å². The Labute approximate surface area is 192 Å². The first-order valence-corrected chi connectivity index (χ1v) is 11.3. The fourth-order valence-electron chi connectivity index (χ4n) is 3.51. The predicted octanol–water partition coefficient (Wildman–Crippen LogP) is 4.12. The van der Waals surface area contributed by atoms with E-state index >= 15 is 0 Å². The van der Waals surface area contributed by atoms with Gasteiger partial charge in [-0.3, -0.25) is 9.59 Å². The maximum absolute atomic E-state index is 12.4. The third-order valence-electron chi connectivity index (χ3n) is 5.19. The Kier molecular flexibility index (Phi) is 6.97. The molecule has 7 heteroatoms. The zero-order valence-electron chi connectivity index (χ0n) is 17.8. The first-order valence-electron chi connectivity index (χ1n) is 10.4. The lowest BCUT2D eigenvalue weighted by atomic mass is 10.2. The molecule has 0 spiro atoms. The number of fused-ring (bicyclic) bond motifs is 2. The normalized spacial score (nSPS) is 11.8. The lowest BCUT2D eigenvalue weighted by Crippen LogP contribution is -2.37. The van der Waals surface area contributed by atoms with Crippen molar-refractivity contribution in [2.45, 2.75) is 22.8 Å². The Bertz CT molecular complexity index is 1060. The number of ether oxygens (including phenoxy) is 1. The van der Waals surface area contributed by atoms with Crippen LogP contribution in [0, 0.1) is 0 Å². The molecule has 2 N–H and O–H groups in total. The highest BCUT2D eigenvalue weighted by molar-refractivity contribution is 7.99. The van der Waals surface area contributed by atoms with Gasteiger partial charge >= 0.3 is 0 Å². The van der Waals surface area contributed by atoms with E-state index < -0.39 is 0 Å². The van der Waals surface area contributed by atoms with Crippen molar-refractivity contribution < 1.29 is 14.3 Å². The number of nitrogens with one attached hydrogen (secondary N) is 2. The van der Waals surface area contributed by atoms with Crippen molar-refractivity contribution in [2.75, 3.05) is 25.1 Å². The molecule has 0 atom stereocenters. The summed E-state index contributed by atoms with van der Waals surface area (Å²) in [5.74, 6) is 0.391. The van der Waals surface area contributed by atoms with Crippen molar-refractivity contribution >= 4 is 35.0 Å². The van der Waals surface area contributed by atoms with Gasteiger partial charge in [0.1, 0.15) is 5.75 Å². The molecule has 6 nitrogen and oxygen atoms in total. The summed E-state index contributed by atoms with van der Waals surface area (Å²) in [6.45, 7) is 0.892. The van der Waals surface area contributed by atoms with Crippen molar-refractivity contribution in [1.82, 2.24) is 10.6 Å². The molecular weight excluding hydrogens is 422 g/mol. The Balaban J connectivity index is 1.27. The van der Waals surface area contributed by atoms with Gasteiger partial charge in [0.05, 0.1) is 25.0 Å². The Hall–Kier alpha value is -3.45. The molecule has 1 aliphatic rings. The van der Waals surface area contributed by atoms with E-state index in [1.165, 1.54) is 9.79 Å². The van der Waals surface area contributed by atoms with Gasteiger partial charge in [0.15, 0.2) is 0 Å². The molecule has 164 valence electrons. The maximum atomic E-state index is 12.4. The molecule has 0 aliphatic carbocycles. The molecule has 0 unspecified atom stereocenters. The first-order chi connectivity index (χ1) is 15.6. The van der Waals surface area contributed by atoms with Crippen LogP contribution in [0.5, 0.6) is 5.75 Å². The number of methoxy groups -OCH3 is 1. The number of rotatable bonds is 8. The monoisotopic (exact) mass is 447 g/mol. The van der Waals surface area contributed by atoms with Crippen molar-refractivity contribution in [1.29, 1.82) is 0 Å². The number of para-hydroxylation sites is 2. The van der Waals surface area contributed by atoms with Gasteiger partial charge in [0, 0.05) is 29.3 Å². The minimum absolute atomic E-state index is 0.0436. The quantitative estimate of drug-likeness (QED) is 0.544. The molecule has 3 aromatic carbocycles. The van der Waals surface area contributed by atoms with Gasteiger partial charge in [0.2, 0.25) is 11.8 Å². The van der Waals surface area contributed by atoms with Gasteiger partial charge < -0.3 is 20.3 Å². The smallest absolute Gasteiger partial charge is 0.239 e. The lowest BCUT2D eigenvalue weighted by Gasteiger charge is -2.32. The van der Waals surface area contributed by atoms with E-state index in [1.54, 1.807) is 18.9 Å². The van der Waals surface area contributed by atoms with Gasteiger partial charge in [-0.2, -0.15) is 0 Å². The molecule has 3 aromatic rings. The van der Waals surface area contributed by atoms with E-state index in [0.717, 1.165) is 22.7 Å². The van der Waals surface area contributed by atoms with Gasteiger partial charge in [-0.15, -0.1) is 0 Å². The molecule has 0 saturated heterocycles. The number of hydrogen-bond donors (Lipinski definition) is 2. The number of carbonyl (C=O) groups is 2. The van der Waals surface area contributed by atoms with E-state index in [2.05, 4.69) is 39.8 Å². The molecule has 0 aromatic heterocycles. The number of carbonyl (C=O) groups excluding carboxylic acids is 2. The van der Waals surface area contributed by atoms with Gasteiger partial charge in [-0.25, -0.2) is 0 Å². The zero-order valence-corrected chi connectivity index (χ0v) is 18.7. The molecule has 1 aliphatic heterocycles. The van der Waals surface area contributed by atoms with Crippen LogP contribution in [0.3, 0.4) is 0 Å². The second-order valence-electron chi connectivity index (χ2n) is 7.34. The Morgan fingerprint density at radius 3 is 2.09 bits per heavy atom. The number of amides is 2. The lowest BCUT2D eigenvalue weighted by molar-refractivity contribution is -0.126. The van der Waals surface area contributed by atoms with E-state index in [1.807, 2.05) is 48.5 Å². The van der Waals surface area contributed by atoms with Gasteiger partial charge in [0.25, 0.3) is 0 Å². The van der Waals surface area contributed by atoms with E-state index in [9.17, 15) is 9.59 Å². The Morgan fingerprint density at radius 2 is 1.47 bits per heavy atom. The van der Waals surface area contributed by atoms with Crippen LogP contribution in [0.15, 0.2) is 82.6 Å². The molecule has 32 heavy (non-hydrogen) atoms. The fourth-order valence-corrected chi connectivity index (χ4v) is 4.60. The van der Waals surface area contributed by atoms with E-state index in [0.29, 0.717) is 19.5 Å². The fraction of sp³-hybridized carbons (Fsp3) is 0.200. The average molecular weight is 448 g/mol. The SMILES string of the molecule is COc1ccc(CNC(=O)CNC(=O)CCN2c3ccccc3Sc3ccccc32)cc1. The summed E-state index contributed by atoms with van der Waals surface area (Å²) in [6.07, 6.45) is 0.291. The van der Waals surface area contributed by atoms with Crippen LogP contribution < -0.4 is 20.3 Å². The van der Waals surface area contributed by atoms with Crippen LogP contribution in [0.4, 0.5) is 11.4 Å². The van der Waals surface area contributed by atoms with Crippen LogP contribution in [0.25, 0.3) is 0 Å². The van der Waals surface area contributed by atoms with Crippen molar-refractivity contribution in [2.24, 2.45) is 0 Å². The van der Waals surface area contributed by atoms with Crippen molar-refractivity contribution in [3.63, 3.8) is 0 Å². The average Bonchev–Trinajstić information content (AvgIpc) is 2.84. The summed E-state index contributed by atoms with van der Waals surface area (Å²) in [4.78, 5) is 29.0. The Morgan fingerprint density at radius 1 is 0.844 bits per heavy atom. The molecular formula is C25H25N3O3S. The highest BCUT2D eigenvalue weighted by Gasteiger charge is 2.23. The van der Waals surface area contributed by atoms with Crippen LogP contribution in [-0.4, -0.2) is 32.0 Å². The van der Waals surface area contributed by atoms with Crippen LogP contribution in [0.2, 0.25) is 0 Å². The van der Waals surface area contributed by atoms with Crippen LogP contribution in [0.1, 0.15) is 12.0 Å². The molecule has 1 heterocycles.